The molecule has 0 aliphatic carbocycles. The molecule has 0 radical (unpaired) electrons. The fourth-order valence-electron chi connectivity index (χ4n) is 2.66. The monoisotopic (exact) mass is 300 g/mol. The molecule has 0 fully saturated rings. The minimum absolute atomic E-state index is 0.473. The van der Waals surface area contributed by atoms with Crippen LogP contribution < -0.4 is 0 Å². The van der Waals surface area contributed by atoms with Gasteiger partial charge < -0.3 is 4.57 Å². The summed E-state index contributed by atoms with van der Waals surface area (Å²) in [5.41, 5.74) is 2.73. The van der Waals surface area contributed by atoms with Crippen molar-refractivity contribution < 1.29 is 8.78 Å². The third-order valence-electron chi connectivity index (χ3n) is 3.63. The lowest BCUT2D eigenvalue weighted by Crippen LogP contribution is -2.09. The Morgan fingerprint density at radius 1 is 1.05 bits per heavy atom. The smallest absolute Gasteiger partial charge is 0.159 e. The largest absolute Gasteiger partial charge is 0.327 e. The van der Waals surface area contributed by atoms with Crippen molar-refractivity contribution >= 4 is 11.0 Å². The van der Waals surface area contributed by atoms with E-state index in [4.69, 9.17) is 0 Å². The van der Waals surface area contributed by atoms with E-state index >= 15 is 0 Å². The van der Waals surface area contributed by atoms with Crippen LogP contribution >= 0.6 is 0 Å². The average molecular weight is 300 g/mol. The van der Waals surface area contributed by atoms with Crippen LogP contribution in [-0.2, 0) is 13.0 Å². The average Bonchev–Trinajstić information content (AvgIpc) is 2.80. The first-order valence-corrected chi connectivity index (χ1v) is 7.42. The molecule has 0 saturated carbocycles. The maximum Gasteiger partial charge on any atom is 0.159 e. The highest BCUT2D eigenvalue weighted by atomic mass is 19.2. The molecular weight excluding hydrogens is 282 g/mol. The van der Waals surface area contributed by atoms with E-state index in [1.807, 2.05) is 24.3 Å². The summed E-state index contributed by atoms with van der Waals surface area (Å²) in [5.74, 6) is -0.286. The number of halogens is 2. The predicted molar refractivity (Wildman–Crippen MR) is 83.7 cm³/mol. The summed E-state index contributed by atoms with van der Waals surface area (Å²) < 4.78 is 28.6. The van der Waals surface area contributed by atoms with Crippen molar-refractivity contribution in [2.75, 3.05) is 0 Å². The standard InChI is InChI=1S/C18H18F2N2/c1-12(2)11-22-17-6-4-3-5-16(17)21-18(22)10-13-7-8-14(19)15(20)9-13/h3-9,12H,10-11H2,1-2H3. The summed E-state index contributed by atoms with van der Waals surface area (Å²) in [4.78, 5) is 4.66. The van der Waals surface area contributed by atoms with Gasteiger partial charge in [0.15, 0.2) is 11.6 Å². The molecule has 0 N–H and O–H groups in total. The molecular formula is C18H18F2N2. The molecule has 2 nitrogen and oxygen atoms in total. The number of rotatable bonds is 4. The van der Waals surface area contributed by atoms with Gasteiger partial charge in [0, 0.05) is 13.0 Å². The Morgan fingerprint density at radius 3 is 2.55 bits per heavy atom. The number of aromatic nitrogens is 2. The topological polar surface area (TPSA) is 17.8 Å². The van der Waals surface area contributed by atoms with Crippen LogP contribution in [0.3, 0.4) is 0 Å². The number of fused-ring (bicyclic) bond motifs is 1. The van der Waals surface area contributed by atoms with E-state index < -0.39 is 11.6 Å². The molecule has 0 aliphatic rings. The zero-order chi connectivity index (χ0) is 15.7. The second kappa shape index (κ2) is 5.87. The molecule has 2 aromatic carbocycles. The number of nitrogens with zero attached hydrogens (tertiary/aromatic N) is 2. The van der Waals surface area contributed by atoms with Crippen LogP contribution in [0, 0.1) is 17.6 Å². The lowest BCUT2D eigenvalue weighted by atomic mass is 10.1. The Labute approximate surface area is 128 Å². The Balaban J connectivity index is 2.03. The van der Waals surface area contributed by atoms with Crippen molar-refractivity contribution in [3.63, 3.8) is 0 Å². The maximum absolute atomic E-state index is 13.4. The second-order valence-corrected chi connectivity index (χ2v) is 5.95. The van der Waals surface area contributed by atoms with Crippen molar-refractivity contribution in [1.29, 1.82) is 0 Å². The van der Waals surface area contributed by atoms with Crippen molar-refractivity contribution in [1.82, 2.24) is 9.55 Å². The number of para-hydroxylation sites is 2. The van der Waals surface area contributed by atoms with Gasteiger partial charge in [0.1, 0.15) is 5.82 Å². The van der Waals surface area contributed by atoms with E-state index in [0.29, 0.717) is 12.3 Å². The molecule has 3 rings (SSSR count). The maximum atomic E-state index is 13.4. The van der Waals surface area contributed by atoms with Crippen molar-refractivity contribution in [2.45, 2.75) is 26.8 Å². The fraction of sp³-hybridized carbons (Fsp3) is 0.278. The molecule has 0 atom stereocenters. The fourth-order valence-corrected chi connectivity index (χ4v) is 2.66. The summed E-state index contributed by atoms with van der Waals surface area (Å²) in [5, 5.41) is 0. The minimum Gasteiger partial charge on any atom is -0.327 e. The Hall–Kier alpha value is -2.23. The predicted octanol–water partition coefficient (Wildman–Crippen LogP) is 4.56. The normalized spacial score (nSPS) is 11.5. The first kappa shape index (κ1) is 14.7. The van der Waals surface area contributed by atoms with Gasteiger partial charge in [-0.15, -0.1) is 0 Å². The van der Waals surface area contributed by atoms with Gasteiger partial charge in [-0.3, -0.25) is 0 Å². The summed E-state index contributed by atoms with van der Waals surface area (Å²) in [6.45, 7) is 5.14. The number of benzene rings is 2. The minimum atomic E-state index is -0.820. The van der Waals surface area contributed by atoms with Gasteiger partial charge in [-0.1, -0.05) is 32.0 Å². The zero-order valence-corrected chi connectivity index (χ0v) is 12.7. The van der Waals surface area contributed by atoms with Gasteiger partial charge in [-0.05, 0) is 35.7 Å². The third-order valence-corrected chi connectivity index (χ3v) is 3.63. The molecule has 114 valence electrons. The molecule has 0 aliphatic heterocycles. The molecule has 1 heterocycles. The Morgan fingerprint density at radius 2 is 1.82 bits per heavy atom. The van der Waals surface area contributed by atoms with Crippen LogP contribution in [0.2, 0.25) is 0 Å². The number of hydrogen-bond donors (Lipinski definition) is 0. The number of hydrogen-bond acceptors (Lipinski definition) is 1. The highest BCUT2D eigenvalue weighted by Gasteiger charge is 2.13. The summed E-state index contributed by atoms with van der Waals surface area (Å²) in [6, 6.07) is 12.0. The third kappa shape index (κ3) is 2.86. The molecule has 0 spiro atoms. The van der Waals surface area contributed by atoms with Gasteiger partial charge in [0.25, 0.3) is 0 Å². The lowest BCUT2D eigenvalue weighted by molar-refractivity contribution is 0.505. The zero-order valence-electron chi connectivity index (χ0n) is 12.7. The van der Waals surface area contributed by atoms with Crippen LogP contribution in [0.15, 0.2) is 42.5 Å². The molecule has 0 unspecified atom stereocenters. The summed E-state index contributed by atoms with van der Waals surface area (Å²) >= 11 is 0. The first-order valence-electron chi connectivity index (χ1n) is 7.42. The summed E-state index contributed by atoms with van der Waals surface area (Å²) in [6.07, 6.45) is 0.485. The van der Waals surface area contributed by atoms with Crippen molar-refractivity contribution in [3.8, 4) is 0 Å². The molecule has 0 saturated heterocycles. The van der Waals surface area contributed by atoms with Crippen LogP contribution in [0.25, 0.3) is 11.0 Å². The van der Waals surface area contributed by atoms with Gasteiger partial charge in [0.05, 0.1) is 11.0 Å². The highest BCUT2D eigenvalue weighted by Crippen LogP contribution is 2.20. The van der Waals surface area contributed by atoms with Gasteiger partial charge in [-0.25, -0.2) is 13.8 Å². The lowest BCUT2D eigenvalue weighted by Gasteiger charge is -2.12. The van der Waals surface area contributed by atoms with Crippen molar-refractivity contribution in [3.05, 3.63) is 65.5 Å². The van der Waals surface area contributed by atoms with Crippen molar-refractivity contribution in [2.24, 2.45) is 5.92 Å². The SMILES string of the molecule is CC(C)Cn1c(Cc2ccc(F)c(F)c2)nc2ccccc21. The van der Waals surface area contributed by atoms with Gasteiger partial charge >= 0.3 is 0 Å². The van der Waals surface area contributed by atoms with E-state index in [1.165, 1.54) is 12.1 Å². The van der Waals surface area contributed by atoms with Gasteiger partial charge in [0.2, 0.25) is 0 Å². The van der Waals surface area contributed by atoms with E-state index in [9.17, 15) is 8.78 Å². The Kier molecular flexibility index (Phi) is 3.92. The quantitative estimate of drug-likeness (QED) is 0.690. The van der Waals surface area contributed by atoms with E-state index in [0.717, 1.165) is 29.0 Å². The van der Waals surface area contributed by atoms with E-state index in [-0.39, 0.29) is 0 Å². The first-order chi connectivity index (χ1) is 10.5. The molecule has 0 bridgehead atoms. The van der Waals surface area contributed by atoms with Crippen LogP contribution in [-0.4, -0.2) is 9.55 Å². The molecule has 22 heavy (non-hydrogen) atoms. The van der Waals surface area contributed by atoms with E-state index in [2.05, 4.69) is 23.4 Å². The number of imidazole rings is 1. The van der Waals surface area contributed by atoms with Crippen LogP contribution in [0.4, 0.5) is 8.78 Å². The van der Waals surface area contributed by atoms with Crippen LogP contribution in [0.5, 0.6) is 0 Å². The van der Waals surface area contributed by atoms with Gasteiger partial charge in [-0.2, -0.15) is 0 Å². The molecule has 1 aromatic heterocycles. The molecule has 4 heteroatoms. The summed E-state index contributed by atoms with van der Waals surface area (Å²) in [7, 11) is 0. The molecule has 0 amide bonds. The van der Waals surface area contributed by atoms with Crippen LogP contribution in [0.1, 0.15) is 25.2 Å². The second-order valence-electron chi connectivity index (χ2n) is 5.95. The Bertz CT molecular complexity index is 806. The highest BCUT2D eigenvalue weighted by molar-refractivity contribution is 5.76. The molecule has 3 aromatic rings. The van der Waals surface area contributed by atoms with E-state index in [1.54, 1.807) is 6.07 Å².